The van der Waals surface area contributed by atoms with Gasteiger partial charge in [0.1, 0.15) is 6.10 Å². The third kappa shape index (κ3) is 10.9. The largest absolute Gasteiger partial charge is 0.382 e. The molecule has 2 heterocycles. The molecule has 60 heavy (non-hydrogen) atoms. The Labute approximate surface area is 370 Å². The number of fused-ring (bicyclic) bond motifs is 2. The number of nitrogens with zero attached hydrogens (tertiary/aromatic N) is 2. The van der Waals surface area contributed by atoms with Gasteiger partial charge in [-0.3, -0.25) is 9.59 Å². The van der Waals surface area contributed by atoms with Gasteiger partial charge in [-0.2, -0.15) is 0 Å². The van der Waals surface area contributed by atoms with Gasteiger partial charge in [-0.25, -0.2) is 26.3 Å². The number of amides is 1. The molecule has 2 aliphatic rings. The maximum Gasteiger partial charge on any atom is 0.252 e. The SMILES string of the molecule is CN1Cc2c(Cl)cc(Cl)cc2C(c2cccc(S(=O)(=O)NCCCC(=O)C(O)C(O)C(=O)NCCNS(=O)(=O)c3cccc(C4CN(C)Cc5c(Cl)cc(Cl)cc54)c3)c2)C1. The first-order valence-electron chi connectivity index (χ1n) is 19.0. The first kappa shape index (κ1) is 46.3. The van der Waals surface area contributed by atoms with E-state index in [9.17, 15) is 36.6 Å². The standard InChI is InChI=1S/C41H45Cl4N5O8S2/c1-49-20-32(30-16-26(42)18-36(44)34(30)22-49)24-6-3-8-28(14-24)59(55,56)47-11-5-10-38(51)39(52)40(53)41(54)46-12-13-48-60(57,58)29-9-4-7-25(15-29)33-21-50(2)23-35-31(33)17-27(43)19-37(35)45/h3-4,6-9,14-19,32-33,39-40,47-48,52-53H,5,10-13,20-23H2,1-2H3,(H,46,54). The fraction of sp³-hybridized carbons (Fsp3) is 0.366. The van der Waals surface area contributed by atoms with Crippen LogP contribution < -0.4 is 14.8 Å². The van der Waals surface area contributed by atoms with Crippen LogP contribution in [0.5, 0.6) is 0 Å². The number of halogens is 4. The summed E-state index contributed by atoms with van der Waals surface area (Å²) in [5, 5.41) is 25.1. The summed E-state index contributed by atoms with van der Waals surface area (Å²) in [6.45, 7) is 1.79. The molecule has 19 heteroatoms. The predicted octanol–water partition coefficient (Wildman–Crippen LogP) is 4.90. The van der Waals surface area contributed by atoms with Gasteiger partial charge in [0.15, 0.2) is 11.9 Å². The number of ketones is 1. The summed E-state index contributed by atoms with van der Waals surface area (Å²) in [5.74, 6) is -2.35. The minimum absolute atomic E-state index is 0.00114. The molecule has 4 aromatic carbocycles. The summed E-state index contributed by atoms with van der Waals surface area (Å²) in [5.41, 5.74) is 5.20. The molecule has 4 aromatic rings. The molecule has 0 spiro atoms. The van der Waals surface area contributed by atoms with Crippen LogP contribution in [0.1, 0.15) is 58.1 Å². The molecule has 322 valence electrons. The monoisotopic (exact) mass is 939 g/mol. The first-order valence-corrected chi connectivity index (χ1v) is 23.5. The minimum atomic E-state index is -4.03. The Morgan fingerprint density at radius 2 is 1.15 bits per heavy atom. The van der Waals surface area contributed by atoms with Gasteiger partial charge in [0.25, 0.3) is 5.91 Å². The van der Waals surface area contributed by atoms with Gasteiger partial charge < -0.3 is 25.3 Å². The summed E-state index contributed by atoms with van der Waals surface area (Å²) >= 11 is 25.6. The van der Waals surface area contributed by atoms with Crippen LogP contribution in [0.3, 0.4) is 0 Å². The number of carbonyl (C=O) groups is 2. The van der Waals surface area contributed by atoms with Crippen molar-refractivity contribution in [2.45, 2.75) is 59.8 Å². The van der Waals surface area contributed by atoms with Gasteiger partial charge in [-0.15, -0.1) is 0 Å². The number of hydrogen-bond donors (Lipinski definition) is 5. The minimum Gasteiger partial charge on any atom is -0.382 e. The quantitative estimate of drug-likeness (QED) is 0.0969. The van der Waals surface area contributed by atoms with Crippen molar-refractivity contribution in [1.82, 2.24) is 24.6 Å². The van der Waals surface area contributed by atoms with Gasteiger partial charge in [-0.1, -0.05) is 70.7 Å². The predicted molar refractivity (Wildman–Crippen MR) is 232 cm³/mol. The maximum atomic E-state index is 13.2. The molecule has 0 saturated heterocycles. The summed E-state index contributed by atoms with van der Waals surface area (Å²) in [7, 11) is -4.14. The van der Waals surface area contributed by atoms with E-state index in [1.165, 1.54) is 12.1 Å². The topological polar surface area (TPSA) is 185 Å². The number of carbonyl (C=O) groups excluding carboxylic acids is 2. The Morgan fingerprint density at radius 3 is 1.63 bits per heavy atom. The molecule has 0 saturated carbocycles. The average molecular weight is 942 g/mol. The van der Waals surface area contributed by atoms with Crippen molar-refractivity contribution in [2.75, 3.05) is 46.8 Å². The second-order valence-corrected chi connectivity index (χ2v) is 20.3. The zero-order valence-corrected chi connectivity index (χ0v) is 37.3. The van der Waals surface area contributed by atoms with Gasteiger partial charge in [0.2, 0.25) is 20.0 Å². The summed E-state index contributed by atoms with van der Waals surface area (Å²) in [6.07, 6.45) is -4.61. The van der Waals surface area contributed by atoms with Crippen LogP contribution >= 0.6 is 46.4 Å². The third-order valence-electron chi connectivity index (χ3n) is 10.6. The van der Waals surface area contributed by atoms with E-state index in [4.69, 9.17) is 46.4 Å². The second kappa shape index (κ2) is 19.5. The summed E-state index contributed by atoms with van der Waals surface area (Å²) < 4.78 is 57.8. The van der Waals surface area contributed by atoms with E-state index >= 15 is 0 Å². The van der Waals surface area contributed by atoms with E-state index in [1.54, 1.807) is 36.4 Å². The Hall–Kier alpha value is -3.16. The van der Waals surface area contributed by atoms with Gasteiger partial charge in [-0.05, 0) is 102 Å². The van der Waals surface area contributed by atoms with Crippen LogP contribution in [0.15, 0.2) is 82.6 Å². The van der Waals surface area contributed by atoms with Crippen molar-refractivity contribution in [3.8, 4) is 0 Å². The number of nitrogens with one attached hydrogen (secondary N) is 3. The molecule has 1 amide bonds. The molecule has 13 nitrogen and oxygen atoms in total. The smallest absolute Gasteiger partial charge is 0.252 e. The van der Waals surface area contributed by atoms with Crippen LogP contribution in [0, 0.1) is 0 Å². The highest BCUT2D eigenvalue weighted by Crippen LogP contribution is 2.40. The number of aliphatic hydroxyl groups excluding tert-OH is 2. The van der Waals surface area contributed by atoms with E-state index in [0.29, 0.717) is 46.3 Å². The maximum absolute atomic E-state index is 13.2. The summed E-state index contributed by atoms with van der Waals surface area (Å²) in [6, 6.07) is 20.1. The van der Waals surface area contributed by atoms with E-state index in [2.05, 4.69) is 24.6 Å². The zero-order valence-electron chi connectivity index (χ0n) is 32.7. The lowest BCUT2D eigenvalue weighted by molar-refractivity contribution is -0.144. The Morgan fingerprint density at radius 1 is 0.683 bits per heavy atom. The fourth-order valence-electron chi connectivity index (χ4n) is 7.64. The number of benzene rings is 4. The van der Waals surface area contributed by atoms with Crippen LogP contribution in [-0.2, 0) is 42.7 Å². The van der Waals surface area contributed by atoms with Crippen molar-refractivity contribution < 1.29 is 36.6 Å². The lowest BCUT2D eigenvalue weighted by Crippen LogP contribution is -2.47. The third-order valence-corrected chi connectivity index (χ3v) is 14.7. The lowest BCUT2D eigenvalue weighted by Gasteiger charge is -2.33. The normalized spacial score (nSPS) is 18.3. The number of Topliss-reactive ketones (excluding diaryl/α,β-unsaturated/α-hetero) is 1. The molecular weight excluding hydrogens is 896 g/mol. The molecule has 4 atom stereocenters. The van der Waals surface area contributed by atoms with E-state index in [0.717, 1.165) is 33.4 Å². The van der Waals surface area contributed by atoms with Gasteiger partial charge in [0.05, 0.1) is 9.79 Å². The van der Waals surface area contributed by atoms with E-state index < -0.39 is 43.9 Å². The lowest BCUT2D eigenvalue weighted by atomic mass is 9.85. The molecule has 0 bridgehead atoms. The van der Waals surface area contributed by atoms with E-state index in [-0.39, 0.29) is 54.1 Å². The average Bonchev–Trinajstić information content (AvgIpc) is 3.20. The molecule has 0 aliphatic carbocycles. The Bertz CT molecular complexity index is 2320. The number of likely N-dealkylation sites (N-methyl/N-ethyl adjacent to an activating group) is 2. The number of aliphatic hydroxyl groups is 2. The highest BCUT2D eigenvalue weighted by molar-refractivity contribution is 7.89. The molecule has 6 rings (SSSR count). The van der Waals surface area contributed by atoms with E-state index in [1.807, 2.05) is 38.4 Å². The first-order chi connectivity index (χ1) is 28.3. The van der Waals surface area contributed by atoms with Crippen molar-refractivity contribution in [2.24, 2.45) is 0 Å². The van der Waals surface area contributed by atoms with Gasteiger partial charge >= 0.3 is 0 Å². The molecule has 0 fully saturated rings. The number of rotatable bonds is 16. The highest BCUT2D eigenvalue weighted by atomic mass is 35.5. The Balaban J connectivity index is 0.961. The van der Waals surface area contributed by atoms with Crippen molar-refractivity contribution in [3.05, 3.63) is 126 Å². The number of sulfonamides is 2. The molecule has 0 aromatic heterocycles. The fourth-order valence-corrected chi connectivity index (χ4v) is 11.0. The van der Waals surface area contributed by atoms with Crippen LogP contribution in [0.2, 0.25) is 20.1 Å². The van der Waals surface area contributed by atoms with Crippen molar-refractivity contribution in [3.63, 3.8) is 0 Å². The Kier molecular flexibility index (Phi) is 15.0. The van der Waals surface area contributed by atoms with Crippen LogP contribution in [0.25, 0.3) is 0 Å². The molecule has 2 aliphatic heterocycles. The molecular formula is C41H45Cl4N5O8S2. The number of hydrogen-bond acceptors (Lipinski definition) is 10. The van der Waals surface area contributed by atoms with Crippen molar-refractivity contribution in [1.29, 1.82) is 0 Å². The van der Waals surface area contributed by atoms with Gasteiger partial charge in [0, 0.05) is 84.2 Å². The van der Waals surface area contributed by atoms with Crippen molar-refractivity contribution >= 4 is 78.1 Å². The molecule has 5 N–H and O–H groups in total. The highest BCUT2D eigenvalue weighted by Gasteiger charge is 2.32. The zero-order chi connectivity index (χ0) is 43.5. The molecule has 0 radical (unpaired) electrons. The molecule has 4 unspecified atom stereocenters. The second-order valence-electron chi connectivity index (χ2n) is 15.1. The van der Waals surface area contributed by atoms with Crippen LogP contribution in [0.4, 0.5) is 0 Å². The summed E-state index contributed by atoms with van der Waals surface area (Å²) in [4.78, 5) is 29.4. The van der Waals surface area contributed by atoms with Crippen LogP contribution in [-0.4, -0.2) is 108 Å².